The van der Waals surface area contributed by atoms with Crippen LogP contribution < -0.4 is 5.32 Å². The number of ketones is 1. The molecule has 3 rings (SSSR count). The number of carbonyl (C=O) groups excluding carboxylic acids is 3. The quantitative estimate of drug-likeness (QED) is 0.586. The molecule has 0 saturated carbocycles. The van der Waals surface area contributed by atoms with Gasteiger partial charge in [-0.2, -0.15) is 0 Å². The maximum Gasteiger partial charge on any atom is 0.336 e. The summed E-state index contributed by atoms with van der Waals surface area (Å²) >= 11 is 0. The van der Waals surface area contributed by atoms with E-state index in [1.54, 1.807) is 19.1 Å². The molecule has 1 heterocycles. The molecule has 0 spiro atoms. The van der Waals surface area contributed by atoms with Gasteiger partial charge in [-0.25, -0.2) is 9.18 Å². The van der Waals surface area contributed by atoms with Gasteiger partial charge in [0.1, 0.15) is 11.7 Å². The Balaban J connectivity index is 2.15. The van der Waals surface area contributed by atoms with E-state index in [-0.39, 0.29) is 18.3 Å². The van der Waals surface area contributed by atoms with Gasteiger partial charge in [-0.1, -0.05) is 26.0 Å². The van der Waals surface area contributed by atoms with Crippen molar-refractivity contribution in [2.45, 2.75) is 39.5 Å². The van der Waals surface area contributed by atoms with Gasteiger partial charge in [-0.15, -0.1) is 0 Å². The SMILES string of the molecule is CCCOC(=O)C1=C(C)NC2=C(C(=O)[C@H](C(=O)OC)[C@@H](C)C2)[C@H]1c1ccc(F)cc1. The zero-order valence-corrected chi connectivity index (χ0v) is 17.6. The molecule has 6 nitrogen and oxygen atoms in total. The normalized spacial score (nSPS) is 23.6. The summed E-state index contributed by atoms with van der Waals surface area (Å²) in [5, 5.41) is 3.19. The molecule has 3 atom stereocenters. The van der Waals surface area contributed by atoms with E-state index in [0.717, 1.165) is 0 Å². The van der Waals surface area contributed by atoms with Crippen LogP contribution in [-0.2, 0) is 23.9 Å². The Hall–Kier alpha value is -2.96. The molecule has 7 heteroatoms. The standard InChI is InChI=1S/C23H26FNO5/c1-5-10-30-23(28)18-13(3)25-16-11-12(2)17(22(27)29-4)21(26)20(16)19(18)14-6-8-15(24)9-7-14/h6-9,12,17,19,25H,5,10-11H2,1-4H3/t12-,17+,19-/m0/s1. The molecule has 160 valence electrons. The first-order valence-electron chi connectivity index (χ1n) is 10.1. The van der Waals surface area contributed by atoms with Crippen molar-refractivity contribution in [3.05, 3.63) is 58.2 Å². The first kappa shape index (κ1) is 21.7. The Morgan fingerprint density at radius 3 is 2.50 bits per heavy atom. The number of esters is 2. The zero-order chi connectivity index (χ0) is 22.0. The first-order chi connectivity index (χ1) is 14.3. The van der Waals surface area contributed by atoms with Crippen molar-refractivity contribution in [2.75, 3.05) is 13.7 Å². The molecule has 0 unspecified atom stereocenters. The van der Waals surface area contributed by atoms with Crippen molar-refractivity contribution in [3.63, 3.8) is 0 Å². The van der Waals surface area contributed by atoms with Gasteiger partial charge in [-0.05, 0) is 43.4 Å². The summed E-state index contributed by atoms with van der Waals surface area (Å²) in [5.41, 5.74) is 2.47. The van der Waals surface area contributed by atoms with Crippen molar-refractivity contribution < 1.29 is 28.2 Å². The smallest absolute Gasteiger partial charge is 0.336 e. The second-order valence-electron chi connectivity index (χ2n) is 7.72. The minimum atomic E-state index is -0.954. The van der Waals surface area contributed by atoms with Crippen LogP contribution in [-0.4, -0.2) is 31.4 Å². The zero-order valence-electron chi connectivity index (χ0n) is 17.6. The van der Waals surface area contributed by atoms with E-state index in [1.165, 1.54) is 19.2 Å². The number of allylic oxidation sites excluding steroid dienone is 3. The molecule has 0 aromatic heterocycles. The average Bonchev–Trinajstić information content (AvgIpc) is 2.71. The molecular weight excluding hydrogens is 389 g/mol. The number of hydrogen-bond acceptors (Lipinski definition) is 6. The van der Waals surface area contributed by atoms with Crippen LogP contribution in [0.2, 0.25) is 0 Å². The van der Waals surface area contributed by atoms with E-state index < -0.39 is 29.6 Å². The van der Waals surface area contributed by atoms with Gasteiger partial charge in [0.25, 0.3) is 0 Å². The number of methoxy groups -OCH3 is 1. The Kier molecular flexibility index (Phi) is 6.39. The molecular formula is C23H26FNO5. The van der Waals surface area contributed by atoms with Crippen LogP contribution in [0, 0.1) is 17.7 Å². The molecule has 30 heavy (non-hydrogen) atoms. The molecule has 0 saturated heterocycles. The molecule has 0 bridgehead atoms. The summed E-state index contributed by atoms with van der Waals surface area (Å²) in [5.74, 6) is -3.91. The van der Waals surface area contributed by atoms with Gasteiger partial charge >= 0.3 is 11.9 Å². The Morgan fingerprint density at radius 1 is 1.23 bits per heavy atom. The van der Waals surface area contributed by atoms with Crippen LogP contribution in [0.1, 0.15) is 45.1 Å². The summed E-state index contributed by atoms with van der Waals surface area (Å²) in [4.78, 5) is 38.7. The fourth-order valence-corrected chi connectivity index (χ4v) is 4.21. The van der Waals surface area contributed by atoms with Gasteiger partial charge in [0.05, 0.1) is 19.3 Å². The second kappa shape index (κ2) is 8.81. The summed E-state index contributed by atoms with van der Waals surface area (Å²) in [7, 11) is 1.25. The number of ether oxygens (including phenoxy) is 2. The van der Waals surface area contributed by atoms with Gasteiger partial charge in [0, 0.05) is 22.9 Å². The predicted octanol–water partition coefficient (Wildman–Crippen LogP) is 3.39. The topological polar surface area (TPSA) is 81.7 Å². The van der Waals surface area contributed by atoms with Crippen molar-refractivity contribution in [1.29, 1.82) is 0 Å². The molecule has 1 aliphatic carbocycles. The summed E-state index contributed by atoms with van der Waals surface area (Å²) in [6.07, 6.45) is 1.11. The van der Waals surface area contributed by atoms with Crippen LogP contribution in [0.25, 0.3) is 0 Å². The minimum absolute atomic E-state index is 0.243. The summed E-state index contributed by atoms with van der Waals surface area (Å²) in [6.45, 7) is 5.71. The lowest BCUT2D eigenvalue weighted by molar-refractivity contribution is -0.151. The van der Waals surface area contributed by atoms with E-state index in [9.17, 15) is 18.8 Å². The largest absolute Gasteiger partial charge is 0.468 e. The predicted molar refractivity (Wildman–Crippen MR) is 108 cm³/mol. The molecule has 1 aromatic rings. The number of dihydropyridines is 1. The number of hydrogen-bond donors (Lipinski definition) is 1. The summed E-state index contributed by atoms with van der Waals surface area (Å²) < 4.78 is 23.8. The van der Waals surface area contributed by atoms with Crippen LogP contribution in [0.5, 0.6) is 0 Å². The highest BCUT2D eigenvalue weighted by Gasteiger charge is 2.47. The lowest BCUT2D eigenvalue weighted by atomic mass is 9.69. The van der Waals surface area contributed by atoms with Gasteiger partial charge in [0.2, 0.25) is 0 Å². The van der Waals surface area contributed by atoms with Crippen molar-refractivity contribution in [2.24, 2.45) is 11.8 Å². The maximum absolute atomic E-state index is 13.6. The van der Waals surface area contributed by atoms with Crippen molar-refractivity contribution in [3.8, 4) is 0 Å². The molecule has 0 amide bonds. The third-order valence-electron chi connectivity index (χ3n) is 5.60. The molecule has 1 aromatic carbocycles. The number of halogens is 1. The Morgan fingerprint density at radius 2 is 1.90 bits per heavy atom. The van der Waals surface area contributed by atoms with E-state index in [2.05, 4.69) is 5.32 Å². The minimum Gasteiger partial charge on any atom is -0.468 e. The van der Waals surface area contributed by atoms with Gasteiger partial charge < -0.3 is 14.8 Å². The average molecular weight is 415 g/mol. The number of benzene rings is 1. The highest BCUT2D eigenvalue weighted by atomic mass is 19.1. The van der Waals surface area contributed by atoms with Crippen LogP contribution >= 0.6 is 0 Å². The third kappa shape index (κ3) is 3.88. The molecule has 2 aliphatic rings. The van der Waals surface area contributed by atoms with Crippen LogP contribution in [0.15, 0.2) is 46.8 Å². The molecule has 1 N–H and O–H groups in total. The first-order valence-corrected chi connectivity index (χ1v) is 10.1. The van der Waals surface area contributed by atoms with E-state index in [4.69, 9.17) is 9.47 Å². The number of Topliss-reactive ketones (excluding diaryl/α,β-unsaturated/α-hetero) is 1. The highest BCUT2D eigenvalue weighted by Crippen LogP contribution is 2.45. The van der Waals surface area contributed by atoms with Gasteiger partial charge in [0.15, 0.2) is 5.78 Å². The number of nitrogens with one attached hydrogen (secondary N) is 1. The van der Waals surface area contributed by atoms with E-state index in [1.807, 2.05) is 13.8 Å². The lowest BCUT2D eigenvalue weighted by Crippen LogP contribution is -2.43. The van der Waals surface area contributed by atoms with Crippen LogP contribution in [0.4, 0.5) is 4.39 Å². The third-order valence-corrected chi connectivity index (χ3v) is 5.60. The van der Waals surface area contributed by atoms with E-state index >= 15 is 0 Å². The molecule has 0 radical (unpaired) electrons. The molecule has 0 fully saturated rings. The monoisotopic (exact) mass is 415 g/mol. The lowest BCUT2D eigenvalue weighted by Gasteiger charge is -2.38. The highest BCUT2D eigenvalue weighted by molar-refractivity contribution is 6.12. The molecule has 1 aliphatic heterocycles. The number of carbonyl (C=O) groups is 3. The van der Waals surface area contributed by atoms with E-state index in [0.29, 0.717) is 40.9 Å². The van der Waals surface area contributed by atoms with Gasteiger partial charge in [-0.3, -0.25) is 9.59 Å². The maximum atomic E-state index is 13.6. The fraction of sp³-hybridized carbons (Fsp3) is 0.435. The Labute approximate surface area is 175 Å². The van der Waals surface area contributed by atoms with Crippen LogP contribution in [0.3, 0.4) is 0 Å². The fourth-order valence-electron chi connectivity index (χ4n) is 4.21. The summed E-state index contributed by atoms with van der Waals surface area (Å²) in [6, 6.07) is 5.68. The second-order valence-corrected chi connectivity index (χ2v) is 7.72. The Bertz CT molecular complexity index is 931. The van der Waals surface area contributed by atoms with Crippen molar-refractivity contribution >= 4 is 17.7 Å². The number of rotatable bonds is 5. The van der Waals surface area contributed by atoms with Crippen molar-refractivity contribution in [1.82, 2.24) is 5.32 Å².